The van der Waals surface area contributed by atoms with Crippen LogP contribution in [0.3, 0.4) is 0 Å². The fraction of sp³-hybridized carbons (Fsp3) is 0.0526. The number of nitrogens with zero attached hydrogens (tertiary/aromatic N) is 1. The lowest BCUT2D eigenvalue weighted by Crippen LogP contribution is -2.39. The molecule has 0 saturated heterocycles. The Morgan fingerprint density at radius 1 is 1.04 bits per heavy atom. The highest BCUT2D eigenvalue weighted by molar-refractivity contribution is 8.01. The van der Waals surface area contributed by atoms with Crippen molar-refractivity contribution in [2.75, 3.05) is 0 Å². The van der Waals surface area contributed by atoms with Crippen LogP contribution in [0.5, 0.6) is 0 Å². The quantitative estimate of drug-likeness (QED) is 0.658. The number of hydrogen-bond donors (Lipinski definition) is 1. The van der Waals surface area contributed by atoms with Crippen molar-refractivity contribution in [2.24, 2.45) is 4.99 Å². The van der Waals surface area contributed by atoms with Gasteiger partial charge in [0, 0.05) is 15.5 Å². The molecule has 0 aliphatic carbocycles. The number of nitrogens with one attached hydrogen (secondary N) is 1. The Morgan fingerprint density at radius 2 is 1.84 bits per heavy atom. The molecular formula is C19H13ClN2OS2. The second kappa shape index (κ2) is 7.04. The van der Waals surface area contributed by atoms with Gasteiger partial charge in [-0.3, -0.25) is 4.79 Å². The highest BCUT2D eigenvalue weighted by Crippen LogP contribution is 2.38. The van der Waals surface area contributed by atoms with Crippen LogP contribution in [0.1, 0.15) is 15.2 Å². The Labute approximate surface area is 158 Å². The molecule has 1 aromatic heterocycles. The van der Waals surface area contributed by atoms with Gasteiger partial charge in [0.1, 0.15) is 5.37 Å². The first-order valence-electron chi connectivity index (χ1n) is 7.65. The van der Waals surface area contributed by atoms with E-state index in [1.54, 1.807) is 47.4 Å². The van der Waals surface area contributed by atoms with Gasteiger partial charge in [0.15, 0.2) is 0 Å². The molecule has 0 fully saturated rings. The summed E-state index contributed by atoms with van der Waals surface area (Å²) in [4.78, 5) is 19.6. The second-order valence-electron chi connectivity index (χ2n) is 5.42. The number of carbonyl (C=O) groups excluding carboxylic acids is 1. The molecule has 2 aromatic carbocycles. The third-order valence-electron chi connectivity index (χ3n) is 3.74. The Bertz CT molecular complexity index is 936. The number of para-hydroxylation sites is 1. The van der Waals surface area contributed by atoms with Gasteiger partial charge in [-0.05, 0) is 47.8 Å². The first-order valence-corrected chi connectivity index (χ1v) is 9.79. The van der Waals surface area contributed by atoms with Crippen molar-refractivity contribution in [1.82, 2.24) is 5.32 Å². The number of hydrogen-bond acceptors (Lipinski definition) is 4. The van der Waals surface area contributed by atoms with Gasteiger partial charge in [-0.2, -0.15) is 0 Å². The highest BCUT2D eigenvalue weighted by atomic mass is 35.5. The number of thiophene rings is 1. The minimum Gasteiger partial charge on any atom is -0.334 e. The number of fused-ring (bicyclic) bond motifs is 1. The number of rotatable bonds is 3. The molecule has 0 radical (unpaired) electrons. The summed E-state index contributed by atoms with van der Waals surface area (Å²) in [5.41, 5.74) is 2.39. The molecular weight excluding hydrogens is 372 g/mol. The van der Waals surface area contributed by atoms with Crippen molar-refractivity contribution in [3.05, 3.63) is 81.5 Å². The molecule has 3 aromatic rings. The zero-order chi connectivity index (χ0) is 17.2. The van der Waals surface area contributed by atoms with Gasteiger partial charge in [0.05, 0.1) is 16.3 Å². The standard InChI is InChI=1S/C19H13ClN2OS2/c20-13-9-7-12(8-10-13)18(23)22-19-17(16-6-3-11-24-16)21-14-4-1-2-5-15(14)25-19/h1-11,19H,(H,22,23)/t19-/m1/s1. The van der Waals surface area contributed by atoms with Crippen LogP contribution in [-0.2, 0) is 0 Å². The third-order valence-corrected chi connectivity index (χ3v) is 6.06. The van der Waals surface area contributed by atoms with E-state index in [1.165, 1.54) is 0 Å². The van der Waals surface area contributed by atoms with Crippen LogP contribution in [0.2, 0.25) is 5.02 Å². The average Bonchev–Trinajstić information content (AvgIpc) is 3.16. The minimum atomic E-state index is -0.239. The van der Waals surface area contributed by atoms with Crippen molar-refractivity contribution in [3.8, 4) is 0 Å². The number of benzene rings is 2. The summed E-state index contributed by atoms with van der Waals surface area (Å²) in [5.74, 6) is -0.141. The molecule has 0 unspecified atom stereocenters. The van der Waals surface area contributed by atoms with E-state index in [2.05, 4.69) is 5.32 Å². The number of carbonyl (C=O) groups is 1. The van der Waals surface area contributed by atoms with Crippen LogP contribution in [0.25, 0.3) is 0 Å². The molecule has 4 rings (SSSR count). The predicted octanol–water partition coefficient (Wildman–Crippen LogP) is 5.38. The Hall–Kier alpha value is -2.08. The lowest BCUT2D eigenvalue weighted by atomic mass is 10.2. The molecule has 0 spiro atoms. The van der Waals surface area contributed by atoms with E-state index >= 15 is 0 Å². The molecule has 1 aliphatic rings. The number of halogens is 1. The van der Waals surface area contributed by atoms with Gasteiger partial charge in [-0.15, -0.1) is 11.3 Å². The van der Waals surface area contributed by atoms with Crippen LogP contribution in [-0.4, -0.2) is 17.0 Å². The number of amides is 1. The van der Waals surface area contributed by atoms with E-state index in [0.717, 1.165) is 21.2 Å². The first kappa shape index (κ1) is 16.4. The fourth-order valence-electron chi connectivity index (χ4n) is 2.53. The van der Waals surface area contributed by atoms with Crippen molar-refractivity contribution in [2.45, 2.75) is 10.3 Å². The van der Waals surface area contributed by atoms with Crippen LogP contribution < -0.4 is 5.32 Å². The maximum absolute atomic E-state index is 12.6. The molecule has 1 aliphatic heterocycles. The zero-order valence-electron chi connectivity index (χ0n) is 13.0. The van der Waals surface area contributed by atoms with Crippen LogP contribution in [0.4, 0.5) is 5.69 Å². The first-order chi connectivity index (χ1) is 12.2. The normalized spacial score (nSPS) is 16.0. The van der Waals surface area contributed by atoms with E-state index in [9.17, 15) is 4.79 Å². The SMILES string of the molecule is O=C(N[C@@H]1Sc2ccccc2N=C1c1cccs1)c1ccc(Cl)cc1. The molecule has 1 atom stereocenters. The van der Waals surface area contributed by atoms with E-state index in [-0.39, 0.29) is 11.3 Å². The van der Waals surface area contributed by atoms with Gasteiger partial charge in [-0.25, -0.2) is 4.99 Å². The van der Waals surface area contributed by atoms with Crippen molar-refractivity contribution in [1.29, 1.82) is 0 Å². The molecule has 25 heavy (non-hydrogen) atoms. The summed E-state index contributed by atoms with van der Waals surface area (Å²) in [6.07, 6.45) is 0. The largest absolute Gasteiger partial charge is 0.334 e. The summed E-state index contributed by atoms with van der Waals surface area (Å²) in [7, 11) is 0. The van der Waals surface area contributed by atoms with Crippen molar-refractivity contribution < 1.29 is 4.79 Å². The topological polar surface area (TPSA) is 41.5 Å². The van der Waals surface area contributed by atoms with Gasteiger partial charge >= 0.3 is 0 Å². The lowest BCUT2D eigenvalue weighted by Gasteiger charge is -2.24. The maximum atomic E-state index is 12.6. The van der Waals surface area contributed by atoms with Crippen LogP contribution in [0.15, 0.2) is 75.9 Å². The van der Waals surface area contributed by atoms with E-state index in [4.69, 9.17) is 16.6 Å². The van der Waals surface area contributed by atoms with Crippen LogP contribution in [0, 0.1) is 0 Å². The Morgan fingerprint density at radius 3 is 2.60 bits per heavy atom. The smallest absolute Gasteiger partial charge is 0.252 e. The van der Waals surface area contributed by atoms with Crippen LogP contribution >= 0.6 is 34.7 Å². The summed E-state index contributed by atoms with van der Waals surface area (Å²) in [5, 5.41) is 5.48. The summed E-state index contributed by atoms with van der Waals surface area (Å²) in [6, 6.07) is 18.9. The van der Waals surface area contributed by atoms with Crippen molar-refractivity contribution >= 4 is 52.0 Å². The Kier molecular flexibility index (Phi) is 4.61. The fourth-order valence-corrected chi connectivity index (χ4v) is 4.58. The number of aliphatic imine (C=N–C) groups is 1. The molecule has 2 heterocycles. The molecule has 3 nitrogen and oxygen atoms in total. The summed E-state index contributed by atoms with van der Waals surface area (Å²) < 4.78 is 0. The molecule has 0 saturated carbocycles. The molecule has 1 N–H and O–H groups in total. The number of thioether (sulfide) groups is 1. The van der Waals surface area contributed by atoms with E-state index in [1.807, 2.05) is 41.8 Å². The lowest BCUT2D eigenvalue weighted by molar-refractivity contribution is 0.0956. The molecule has 6 heteroatoms. The molecule has 1 amide bonds. The van der Waals surface area contributed by atoms with Gasteiger partial charge < -0.3 is 5.32 Å². The van der Waals surface area contributed by atoms with Gasteiger partial charge in [0.2, 0.25) is 0 Å². The Balaban J connectivity index is 1.66. The second-order valence-corrected chi connectivity index (χ2v) is 7.95. The monoisotopic (exact) mass is 384 g/mol. The maximum Gasteiger partial charge on any atom is 0.252 e. The van der Waals surface area contributed by atoms with E-state index < -0.39 is 0 Å². The van der Waals surface area contributed by atoms with Gasteiger partial charge in [0.25, 0.3) is 5.91 Å². The summed E-state index contributed by atoms with van der Waals surface area (Å²) in [6.45, 7) is 0. The predicted molar refractivity (Wildman–Crippen MR) is 106 cm³/mol. The summed E-state index contributed by atoms with van der Waals surface area (Å²) >= 11 is 9.13. The third kappa shape index (κ3) is 3.49. The molecule has 124 valence electrons. The van der Waals surface area contributed by atoms with Crippen molar-refractivity contribution in [3.63, 3.8) is 0 Å². The van der Waals surface area contributed by atoms with E-state index in [0.29, 0.717) is 10.6 Å². The zero-order valence-corrected chi connectivity index (χ0v) is 15.4. The minimum absolute atomic E-state index is 0.141. The van der Waals surface area contributed by atoms with Gasteiger partial charge in [-0.1, -0.05) is 41.6 Å². The highest BCUT2D eigenvalue weighted by Gasteiger charge is 2.27. The molecule has 0 bridgehead atoms. The average molecular weight is 385 g/mol.